The van der Waals surface area contributed by atoms with E-state index in [1.165, 1.54) is 17.7 Å². The molecule has 2 heterocycles. The zero-order chi connectivity index (χ0) is 10.2. The maximum atomic E-state index is 4.52. The normalized spacial score (nSPS) is 25.2. The van der Waals surface area contributed by atoms with Gasteiger partial charge in [-0.05, 0) is 45.4 Å². The molecule has 2 rings (SSSR count). The lowest BCUT2D eigenvalue weighted by Gasteiger charge is -2.26. The van der Waals surface area contributed by atoms with E-state index in [9.17, 15) is 0 Å². The number of rotatable bonds is 1. The topological polar surface area (TPSA) is 24.9 Å². The van der Waals surface area contributed by atoms with Gasteiger partial charge in [0, 0.05) is 23.3 Å². The van der Waals surface area contributed by atoms with Crippen molar-refractivity contribution >= 4 is 0 Å². The minimum absolute atomic E-state index is 0.197. The van der Waals surface area contributed by atoms with Gasteiger partial charge in [-0.1, -0.05) is 6.07 Å². The van der Waals surface area contributed by atoms with Crippen LogP contribution in [0.25, 0.3) is 0 Å². The summed E-state index contributed by atoms with van der Waals surface area (Å²) in [5, 5.41) is 3.52. The highest BCUT2D eigenvalue weighted by atomic mass is 15.0. The smallest absolute Gasteiger partial charge is 0.0453 e. The summed E-state index contributed by atoms with van der Waals surface area (Å²) in [5.41, 5.74) is 2.66. The molecular formula is C12H18N2. The Kier molecular flexibility index (Phi) is 2.31. The molecule has 1 atom stereocenters. The van der Waals surface area contributed by atoms with Crippen molar-refractivity contribution in [1.82, 2.24) is 10.3 Å². The van der Waals surface area contributed by atoms with E-state index in [-0.39, 0.29) is 5.54 Å². The van der Waals surface area contributed by atoms with Crippen molar-refractivity contribution in [1.29, 1.82) is 0 Å². The van der Waals surface area contributed by atoms with Gasteiger partial charge in [0.2, 0.25) is 0 Å². The molecular weight excluding hydrogens is 172 g/mol. The largest absolute Gasteiger partial charge is 0.311 e. The zero-order valence-corrected chi connectivity index (χ0v) is 9.17. The maximum Gasteiger partial charge on any atom is 0.0453 e. The molecule has 0 amide bonds. The van der Waals surface area contributed by atoms with Crippen LogP contribution in [0, 0.1) is 6.92 Å². The van der Waals surface area contributed by atoms with E-state index in [1.54, 1.807) is 0 Å². The fraction of sp³-hybridized carbons (Fsp3) is 0.583. The van der Waals surface area contributed by atoms with Crippen LogP contribution in [0.4, 0.5) is 0 Å². The van der Waals surface area contributed by atoms with Gasteiger partial charge < -0.3 is 5.32 Å². The van der Waals surface area contributed by atoms with E-state index >= 15 is 0 Å². The highest BCUT2D eigenvalue weighted by Gasteiger charge is 2.35. The monoisotopic (exact) mass is 190 g/mol. The predicted octanol–water partition coefficient (Wildman–Crippen LogP) is 2.25. The van der Waals surface area contributed by atoms with Gasteiger partial charge in [-0.15, -0.1) is 0 Å². The van der Waals surface area contributed by atoms with Crippen molar-refractivity contribution in [2.24, 2.45) is 0 Å². The molecule has 0 bridgehead atoms. The predicted molar refractivity (Wildman–Crippen MR) is 58.4 cm³/mol. The third-order valence-electron chi connectivity index (χ3n) is 3.18. The van der Waals surface area contributed by atoms with Crippen LogP contribution >= 0.6 is 0 Å². The Hall–Kier alpha value is -0.890. The molecule has 1 aromatic rings. The fourth-order valence-electron chi connectivity index (χ4n) is 2.23. The average Bonchev–Trinajstić information content (AvgIpc) is 2.47. The van der Waals surface area contributed by atoms with E-state index in [0.717, 1.165) is 6.54 Å². The van der Waals surface area contributed by atoms with Crippen LogP contribution in [0.2, 0.25) is 0 Å². The fourth-order valence-corrected chi connectivity index (χ4v) is 2.23. The van der Waals surface area contributed by atoms with Crippen molar-refractivity contribution in [2.75, 3.05) is 6.54 Å². The van der Waals surface area contributed by atoms with Gasteiger partial charge in [-0.3, -0.25) is 4.98 Å². The molecule has 0 aliphatic carbocycles. The standard InChI is InChI=1S/C12H18N2/c1-9-4-5-11(13-8-9)10-6-7-14-12(10,2)3/h4-5,8,10,14H,6-7H2,1-3H3. The summed E-state index contributed by atoms with van der Waals surface area (Å²) in [4.78, 5) is 4.52. The lowest BCUT2D eigenvalue weighted by molar-refractivity contribution is 0.405. The van der Waals surface area contributed by atoms with Gasteiger partial charge in [-0.2, -0.15) is 0 Å². The molecule has 1 N–H and O–H groups in total. The first kappa shape index (κ1) is 9.66. The third kappa shape index (κ3) is 1.67. The van der Waals surface area contributed by atoms with Crippen LogP contribution in [0.5, 0.6) is 0 Å². The number of aromatic nitrogens is 1. The molecule has 14 heavy (non-hydrogen) atoms. The summed E-state index contributed by atoms with van der Waals surface area (Å²) in [6.07, 6.45) is 3.16. The minimum atomic E-state index is 0.197. The summed E-state index contributed by atoms with van der Waals surface area (Å²) in [5.74, 6) is 0.558. The van der Waals surface area contributed by atoms with Gasteiger partial charge >= 0.3 is 0 Å². The summed E-state index contributed by atoms with van der Waals surface area (Å²) < 4.78 is 0. The molecule has 1 aliphatic rings. The molecule has 2 heteroatoms. The van der Waals surface area contributed by atoms with Crippen LogP contribution < -0.4 is 5.32 Å². The Morgan fingerprint density at radius 3 is 2.71 bits per heavy atom. The van der Waals surface area contributed by atoms with Gasteiger partial charge in [0.25, 0.3) is 0 Å². The van der Waals surface area contributed by atoms with Crippen LogP contribution in [0.15, 0.2) is 18.3 Å². The molecule has 1 saturated heterocycles. The molecule has 76 valence electrons. The molecule has 1 fully saturated rings. The molecule has 0 radical (unpaired) electrons. The highest BCUT2D eigenvalue weighted by Crippen LogP contribution is 2.34. The van der Waals surface area contributed by atoms with Gasteiger partial charge in [0.15, 0.2) is 0 Å². The van der Waals surface area contributed by atoms with E-state index in [2.05, 4.69) is 43.2 Å². The van der Waals surface area contributed by atoms with E-state index in [0.29, 0.717) is 5.92 Å². The second-order valence-corrected chi connectivity index (χ2v) is 4.75. The van der Waals surface area contributed by atoms with E-state index < -0.39 is 0 Å². The van der Waals surface area contributed by atoms with Gasteiger partial charge in [-0.25, -0.2) is 0 Å². The summed E-state index contributed by atoms with van der Waals surface area (Å²) in [6, 6.07) is 4.31. The Morgan fingerprint density at radius 2 is 2.21 bits per heavy atom. The first-order valence-corrected chi connectivity index (χ1v) is 5.27. The number of hydrogen-bond donors (Lipinski definition) is 1. The maximum absolute atomic E-state index is 4.52. The quantitative estimate of drug-likeness (QED) is 0.734. The second kappa shape index (κ2) is 3.35. The molecule has 0 saturated carbocycles. The highest BCUT2D eigenvalue weighted by molar-refractivity contribution is 5.20. The Bertz CT molecular complexity index is 314. The molecule has 2 nitrogen and oxygen atoms in total. The summed E-state index contributed by atoms with van der Waals surface area (Å²) in [7, 11) is 0. The number of nitrogens with zero attached hydrogens (tertiary/aromatic N) is 1. The van der Waals surface area contributed by atoms with Crippen LogP contribution in [0.1, 0.15) is 37.4 Å². The summed E-state index contributed by atoms with van der Waals surface area (Å²) in [6.45, 7) is 7.69. The zero-order valence-electron chi connectivity index (χ0n) is 9.17. The summed E-state index contributed by atoms with van der Waals surface area (Å²) >= 11 is 0. The SMILES string of the molecule is Cc1ccc(C2CCNC2(C)C)nc1. The number of aryl methyl sites for hydroxylation is 1. The van der Waals surface area contributed by atoms with Crippen molar-refractivity contribution in [3.05, 3.63) is 29.6 Å². The van der Waals surface area contributed by atoms with Crippen molar-refractivity contribution in [2.45, 2.75) is 38.6 Å². The average molecular weight is 190 g/mol. The lowest BCUT2D eigenvalue weighted by Crippen LogP contribution is -2.37. The van der Waals surface area contributed by atoms with Gasteiger partial charge in [0.1, 0.15) is 0 Å². The molecule has 0 spiro atoms. The van der Waals surface area contributed by atoms with Gasteiger partial charge in [0.05, 0.1) is 0 Å². The van der Waals surface area contributed by atoms with E-state index in [1.807, 2.05) is 6.20 Å². The number of pyridine rings is 1. The molecule has 1 aliphatic heterocycles. The second-order valence-electron chi connectivity index (χ2n) is 4.75. The molecule has 0 aromatic carbocycles. The van der Waals surface area contributed by atoms with E-state index in [4.69, 9.17) is 0 Å². The third-order valence-corrected chi connectivity index (χ3v) is 3.18. The van der Waals surface area contributed by atoms with Crippen molar-refractivity contribution in [3.63, 3.8) is 0 Å². The first-order valence-electron chi connectivity index (χ1n) is 5.27. The molecule has 1 aromatic heterocycles. The van der Waals surface area contributed by atoms with Crippen molar-refractivity contribution < 1.29 is 0 Å². The number of nitrogens with one attached hydrogen (secondary N) is 1. The first-order chi connectivity index (χ1) is 6.59. The van der Waals surface area contributed by atoms with Crippen LogP contribution in [-0.2, 0) is 0 Å². The Balaban J connectivity index is 2.27. The van der Waals surface area contributed by atoms with Crippen LogP contribution in [0.3, 0.4) is 0 Å². The van der Waals surface area contributed by atoms with Crippen LogP contribution in [-0.4, -0.2) is 17.1 Å². The Morgan fingerprint density at radius 1 is 1.43 bits per heavy atom. The number of hydrogen-bond acceptors (Lipinski definition) is 2. The Labute approximate surface area is 85.7 Å². The lowest BCUT2D eigenvalue weighted by atomic mass is 9.86. The minimum Gasteiger partial charge on any atom is -0.311 e. The van der Waals surface area contributed by atoms with Crippen molar-refractivity contribution in [3.8, 4) is 0 Å². The molecule has 1 unspecified atom stereocenters.